The smallest absolute Gasteiger partial charge is 0.338 e. The number of thiophene rings is 1. The standard InChI is InChI=1S/C24H20N4O5S/c1-2-32-23(30)19-16(26-24(31)27-20(19)17-9-6-10-33-17)12-28-13-25-15-11-18(34-21(15)22(28)29)14-7-4-3-5-8-14/h3-11,13,20H,2,12H2,1H3,(H2,26,27,31). The third-order valence-electron chi connectivity index (χ3n) is 5.37. The highest BCUT2D eigenvalue weighted by Crippen LogP contribution is 2.31. The maximum Gasteiger partial charge on any atom is 0.338 e. The van der Waals surface area contributed by atoms with Crippen molar-refractivity contribution < 1.29 is 18.7 Å². The van der Waals surface area contributed by atoms with E-state index < -0.39 is 18.0 Å². The van der Waals surface area contributed by atoms with E-state index in [0.29, 0.717) is 16.0 Å². The van der Waals surface area contributed by atoms with Crippen LogP contribution in [0.2, 0.25) is 0 Å². The van der Waals surface area contributed by atoms with Crippen molar-refractivity contribution in [2.75, 3.05) is 6.61 Å². The lowest BCUT2D eigenvalue weighted by atomic mass is 10.00. The number of furan rings is 1. The van der Waals surface area contributed by atoms with Gasteiger partial charge in [0.1, 0.15) is 16.5 Å². The van der Waals surface area contributed by atoms with Gasteiger partial charge in [-0.05, 0) is 30.7 Å². The SMILES string of the molecule is CCOC(=O)C1=C(Cn2cnc3cc(-c4ccccc4)sc3c2=O)NC(=O)NC1c1ccco1. The van der Waals surface area contributed by atoms with Gasteiger partial charge >= 0.3 is 12.0 Å². The molecule has 5 rings (SSSR count). The van der Waals surface area contributed by atoms with E-state index in [2.05, 4.69) is 15.6 Å². The lowest BCUT2D eigenvalue weighted by molar-refractivity contribution is -0.139. The van der Waals surface area contributed by atoms with Crippen LogP contribution in [0, 0.1) is 0 Å². The summed E-state index contributed by atoms with van der Waals surface area (Å²) >= 11 is 1.35. The summed E-state index contributed by atoms with van der Waals surface area (Å²) in [7, 11) is 0. The molecule has 1 aliphatic rings. The van der Waals surface area contributed by atoms with Crippen LogP contribution in [-0.2, 0) is 16.1 Å². The molecule has 0 saturated heterocycles. The van der Waals surface area contributed by atoms with E-state index in [9.17, 15) is 14.4 Å². The first-order valence-electron chi connectivity index (χ1n) is 10.6. The Bertz CT molecular complexity index is 1450. The van der Waals surface area contributed by atoms with Crippen LogP contribution in [-0.4, -0.2) is 28.2 Å². The summed E-state index contributed by atoms with van der Waals surface area (Å²) in [6, 6.07) is 13.6. The average Bonchev–Trinajstić information content (AvgIpc) is 3.52. The third-order valence-corrected chi connectivity index (χ3v) is 6.53. The number of aromatic nitrogens is 2. The van der Waals surface area contributed by atoms with Gasteiger partial charge in [0.2, 0.25) is 0 Å². The van der Waals surface area contributed by atoms with Gasteiger partial charge in [-0.15, -0.1) is 11.3 Å². The fraction of sp³-hybridized carbons (Fsp3) is 0.167. The van der Waals surface area contributed by atoms with Crippen molar-refractivity contribution in [3.63, 3.8) is 0 Å². The van der Waals surface area contributed by atoms with Crippen molar-refractivity contribution in [3.8, 4) is 10.4 Å². The van der Waals surface area contributed by atoms with E-state index in [-0.39, 0.29) is 30.0 Å². The number of hydrogen-bond donors (Lipinski definition) is 2. The van der Waals surface area contributed by atoms with E-state index in [4.69, 9.17) is 9.15 Å². The van der Waals surface area contributed by atoms with Crippen LogP contribution in [0.1, 0.15) is 18.7 Å². The number of amides is 2. The molecule has 2 amide bonds. The second-order valence-electron chi connectivity index (χ2n) is 7.53. The molecule has 3 aromatic heterocycles. The molecule has 10 heteroatoms. The maximum absolute atomic E-state index is 13.3. The number of urea groups is 1. The van der Waals surface area contributed by atoms with Crippen molar-refractivity contribution in [2.45, 2.75) is 19.5 Å². The fourth-order valence-corrected chi connectivity index (χ4v) is 4.90. The summed E-state index contributed by atoms with van der Waals surface area (Å²) in [5.74, 6) is -0.238. The molecular weight excluding hydrogens is 456 g/mol. The lowest BCUT2D eigenvalue weighted by Crippen LogP contribution is -2.47. The number of fused-ring (bicyclic) bond motifs is 1. The van der Waals surface area contributed by atoms with E-state index >= 15 is 0 Å². The molecule has 1 aliphatic heterocycles. The molecule has 0 saturated carbocycles. The number of nitrogens with one attached hydrogen (secondary N) is 2. The molecule has 1 unspecified atom stereocenters. The minimum Gasteiger partial charge on any atom is -0.467 e. The van der Waals surface area contributed by atoms with E-state index in [0.717, 1.165) is 10.4 Å². The monoisotopic (exact) mass is 476 g/mol. The Morgan fingerprint density at radius 2 is 2.03 bits per heavy atom. The predicted molar refractivity (Wildman–Crippen MR) is 126 cm³/mol. The molecule has 9 nitrogen and oxygen atoms in total. The van der Waals surface area contributed by atoms with Gasteiger partial charge in [0.25, 0.3) is 5.56 Å². The van der Waals surface area contributed by atoms with Crippen LogP contribution in [0.25, 0.3) is 20.7 Å². The molecule has 0 aliphatic carbocycles. The first-order valence-corrected chi connectivity index (χ1v) is 11.4. The van der Waals surface area contributed by atoms with Crippen LogP contribution in [0.5, 0.6) is 0 Å². The van der Waals surface area contributed by atoms with Crippen molar-refractivity contribution in [3.05, 3.63) is 88.5 Å². The van der Waals surface area contributed by atoms with Crippen LogP contribution < -0.4 is 16.2 Å². The van der Waals surface area contributed by atoms with Gasteiger partial charge in [-0.25, -0.2) is 14.6 Å². The lowest BCUT2D eigenvalue weighted by Gasteiger charge is -2.28. The van der Waals surface area contributed by atoms with Gasteiger partial charge in [-0.2, -0.15) is 0 Å². The highest BCUT2D eigenvalue weighted by molar-refractivity contribution is 7.22. The highest BCUT2D eigenvalue weighted by Gasteiger charge is 2.35. The number of ether oxygens (including phenoxy) is 1. The molecule has 0 fully saturated rings. The minimum absolute atomic E-state index is 0.0703. The largest absolute Gasteiger partial charge is 0.467 e. The number of benzene rings is 1. The molecule has 0 spiro atoms. The first kappa shape index (κ1) is 21.7. The molecule has 2 N–H and O–H groups in total. The van der Waals surface area contributed by atoms with Crippen molar-refractivity contribution in [2.24, 2.45) is 0 Å². The second kappa shape index (κ2) is 8.99. The Hall–Kier alpha value is -4.18. The Balaban J connectivity index is 1.57. The topological polar surface area (TPSA) is 115 Å². The Morgan fingerprint density at radius 3 is 2.76 bits per heavy atom. The van der Waals surface area contributed by atoms with Gasteiger partial charge in [0, 0.05) is 4.88 Å². The Morgan fingerprint density at radius 1 is 1.21 bits per heavy atom. The van der Waals surface area contributed by atoms with Gasteiger partial charge in [-0.3, -0.25) is 9.36 Å². The van der Waals surface area contributed by atoms with Gasteiger partial charge in [0.15, 0.2) is 0 Å². The number of rotatable bonds is 6. The summed E-state index contributed by atoms with van der Waals surface area (Å²) in [4.78, 5) is 43.9. The molecular formula is C24H20N4O5S. The summed E-state index contributed by atoms with van der Waals surface area (Å²) in [6.45, 7) is 1.77. The zero-order valence-corrected chi connectivity index (χ0v) is 18.9. The molecule has 4 aromatic rings. The molecule has 4 heterocycles. The van der Waals surface area contributed by atoms with E-state index in [1.54, 1.807) is 19.1 Å². The normalized spacial score (nSPS) is 15.8. The number of carbonyl (C=O) groups is 2. The molecule has 34 heavy (non-hydrogen) atoms. The van der Waals surface area contributed by atoms with E-state index in [1.807, 2.05) is 36.4 Å². The summed E-state index contributed by atoms with van der Waals surface area (Å²) in [6.07, 6.45) is 2.87. The highest BCUT2D eigenvalue weighted by atomic mass is 32.1. The predicted octanol–water partition coefficient (Wildman–Crippen LogP) is 3.59. The molecule has 172 valence electrons. The number of esters is 1. The van der Waals surface area contributed by atoms with E-state index in [1.165, 1.54) is 28.5 Å². The molecule has 1 aromatic carbocycles. The van der Waals surface area contributed by atoms with Crippen LogP contribution in [0.3, 0.4) is 0 Å². The Labute approximate surface area is 197 Å². The summed E-state index contributed by atoms with van der Waals surface area (Å²) in [5, 5.41) is 5.34. The van der Waals surface area contributed by atoms with Gasteiger partial charge < -0.3 is 19.8 Å². The number of hydrogen-bond acceptors (Lipinski definition) is 7. The number of allylic oxidation sites excluding steroid dienone is 1. The average molecular weight is 477 g/mol. The van der Waals surface area contributed by atoms with Crippen molar-refractivity contribution in [1.29, 1.82) is 0 Å². The Kier molecular flexibility index (Phi) is 5.72. The van der Waals surface area contributed by atoms with Crippen LogP contribution in [0.15, 0.2) is 81.6 Å². The summed E-state index contributed by atoms with van der Waals surface area (Å²) < 4.78 is 12.5. The first-order chi connectivity index (χ1) is 16.5. The maximum atomic E-state index is 13.3. The molecule has 1 atom stereocenters. The minimum atomic E-state index is -0.850. The van der Waals surface area contributed by atoms with Crippen LogP contribution >= 0.6 is 11.3 Å². The fourth-order valence-electron chi connectivity index (χ4n) is 3.83. The zero-order valence-electron chi connectivity index (χ0n) is 18.1. The van der Waals surface area contributed by atoms with Gasteiger partial charge in [0.05, 0.1) is 42.5 Å². The molecule has 0 radical (unpaired) electrons. The van der Waals surface area contributed by atoms with Crippen molar-refractivity contribution in [1.82, 2.24) is 20.2 Å². The third kappa shape index (κ3) is 3.99. The van der Waals surface area contributed by atoms with Crippen LogP contribution in [0.4, 0.5) is 4.79 Å². The quantitative estimate of drug-likeness (QED) is 0.411. The second-order valence-corrected chi connectivity index (χ2v) is 8.58. The van der Waals surface area contributed by atoms with Crippen molar-refractivity contribution >= 4 is 33.6 Å². The molecule has 0 bridgehead atoms. The number of carbonyl (C=O) groups excluding carboxylic acids is 2. The zero-order chi connectivity index (χ0) is 23.7. The number of nitrogens with zero attached hydrogens (tertiary/aromatic N) is 2. The summed E-state index contributed by atoms with van der Waals surface area (Å²) in [5.41, 5.74) is 1.73. The van der Waals surface area contributed by atoms with Gasteiger partial charge in [-0.1, -0.05) is 30.3 Å².